The lowest BCUT2D eigenvalue weighted by molar-refractivity contribution is -0.274. The number of ether oxygens (including phenoxy) is 1. The number of nitrogens with zero attached hydrogens (tertiary/aromatic N) is 1. The molecule has 29 heavy (non-hydrogen) atoms. The highest BCUT2D eigenvalue weighted by Crippen LogP contribution is 2.31. The SMILES string of the molecule is O=C(C[C@@H]1CCCN1)NCCCC(=O)Nc1nc2ccc(OC(F)(F)F)cc2s1. The summed E-state index contributed by atoms with van der Waals surface area (Å²) < 4.78 is 41.2. The molecule has 1 aliphatic heterocycles. The topological polar surface area (TPSA) is 92.4 Å². The van der Waals surface area contributed by atoms with Crippen molar-refractivity contribution in [3.63, 3.8) is 0 Å². The van der Waals surface area contributed by atoms with Crippen LogP contribution >= 0.6 is 11.3 Å². The third-order valence-corrected chi connectivity index (χ3v) is 5.27. The van der Waals surface area contributed by atoms with E-state index in [4.69, 9.17) is 0 Å². The van der Waals surface area contributed by atoms with E-state index in [0.717, 1.165) is 30.7 Å². The number of halogens is 3. The molecule has 1 aromatic carbocycles. The van der Waals surface area contributed by atoms with Crippen molar-refractivity contribution in [2.24, 2.45) is 0 Å². The van der Waals surface area contributed by atoms with E-state index in [1.165, 1.54) is 18.2 Å². The maximum Gasteiger partial charge on any atom is 0.573 e. The molecule has 2 aromatic rings. The fraction of sp³-hybridized carbons (Fsp3) is 0.500. The highest BCUT2D eigenvalue weighted by Gasteiger charge is 2.31. The van der Waals surface area contributed by atoms with Gasteiger partial charge in [0, 0.05) is 31.5 Å². The van der Waals surface area contributed by atoms with E-state index in [1.807, 2.05) is 0 Å². The number of carbonyl (C=O) groups excluding carboxylic acids is 2. The summed E-state index contributed by atoms with van der Waals surface area (Å²) in [5, 5.41) is 8.98. The molecule has 1 atom stereocenters. The normalized spacial score (nSPS) is 16.7. The van der Waals surface area contributed by atoms with Crippen molar-refractivity contribution in [3.8, 4) is 5.75 Å². The molecule has 7 nitrogen and oxygen atoms in total. The van der Waals surface area contributed by atoms with Gasteiger partial charge in [-0.15, -0.1) is 13.2 Å². The number of carbonyl (C=O) groups is 2. The van der Waals surface area contributed by atoms with Crippen LogP contribution < -0.4 is 20.7 Å². The molecular weight excluding hydrogens is 409 g/mol. The van der Waals surface area contributed by atoms with E-state index >= 15 is 0 Å². The van der Waals surface area contributed by atoms with Gasteiger partial charge >= 0.3 is 6.36 Å². The van der Waals surface area contributed by atoms with Crippen molar-refractivity contribution in [2.45, 2.75) is 44.5 Å². The Kier molecular flexibility index (Phi) is 6.91. The molecule has 0 saturated carbocycles. The van der Waals surface area contributed by atoms with Crippen LogP contribution in [-0.2, 0) is 9.59 Å². The number of aromatic nitrogens is 1. The summed E-state index contributed by atoms with van der Waals surface area (Å²) in [5.74, 6) is -0.648. The van der Waals surface area contributed by atoms with Crippen molar-refractivity contribution < 1.29 is 27.5 Å². The number of benzene rings is 1. The zero-order valence-electron chi connectivity index (χ0n) is 15.5. The van der Waals surface area contributed by atoms with E-state index in [2.05, 4.69) is 25.7 Å². The van der Waals surface area contributed by atoms with Gasteiger partial charge in [0.1, 0.15) is 5.75 Å². The Hall–Kier alpha value is -2.40. The number of rotatable bonds is 8. The fourth-order valence-corrected chi connectivity index (χ4v) is 3.95. The number of hydrogen-bond acceptors (Lipinski definition) is 6. The first kappa shape index (κ1) is 21.3. The van der Waals surface area contributed by atoms with Crippen molar-refractivity contribution in [2.75, 3.05) is 18.4 Å². The molecule has 3 rings (SSSR count). The summed E-state index contributed by atoms with van der Waals surface area (Å²) in [6.45, 7) is 1.34. The largest absolute Gasteiger partial charge is 0.573 e. The van der Waals surface area contributed by atoms with E-state index in [9.17, 15) is 22.8 Å². The summed E-state index contributed by atoms with van der Waals surface area (Å²) in [5.41, 5.74) is 0.465. The van der Waals surface area contributed by atoms with E-state index in [1.54, 1.807) is 0 Å². The number of anilines is 1. The van der Waals surface area contributed by atoms with Gasteiger partial charge in [-0.05, 0) is 37.9 Å². The van der Waals surface area contributed by atoms with Crippen LogP contribution in [0.25, 0.3) is 10.2 Å². The molecule has 0 bridgehead atoms. The molecule has 1 aromatic heterocycles. The van der Waals surface area contributed by atoms with E-state index < -0.39 is 6.36 Å². The minimum atomic E-state index is -4.77. The minimum absolute atomic E-state index is 0.0344. The van der Waals surface area contributed by atoms with Gasteiger partial charge in [0.2, 0.25) is 11.8 Å². The Morgan fingerprint density at radius 1 is 1.31 bits per heavy atom. The second-order valence-corrected chi connectivity index (χ2v) is 7.73. The van der Waals surface area contributed by atoms with Gasteiger partial charge in [-0.3, -0.25) is 9.59 Å². The first-order valence-electron chi connectivity index (χ1n) is 9.25. The van der Waals surface area contributed by atoms with E-state index in [0.29, 0.717) is 34.7 Å². The molecule has 1 saturated heterocycles. The number of nitrogens with one attached hydrogen (secondary N) is 3. The Morgan fingerprint density at radius 2 is 2.14 bits per heavy atom. The molecule has 11 heteroatoms. The minimum Gasteiger partial charge on any atom is -0.406 e. The van der Waals surface area contributed by atoms with Crippen LogP contribution in [0, 0.1) is 0 Å². The summed E-state index contributed by atoms with van der Waals surface area (Å²) in [7, 11) is 0. The smallest absolute Gasteiger partial charge is 0.406 e. The average Bonchev–Trinajstić information content (AvgIpc) is 3.26. The Bertz CT molecular complexity index is 866. The lowest BCUT2D eigenvalue weighted by Gasteiger charge is -2.10. The Balaban J connectivity index is 1.41. The maximum absolute atomic E-state index is 12.3. The van der Waals surface area contributed by atoms with Crippen LogP contribution in [0.4, 0.5) is 18.3 Å². The lowest BCUT2D eigenvalue weighted by Crippen LogP contribution is -2.32. The van der Waals surface area contributed by atoms with Crippen LogP contribution in [0.2, 0.25) is 0 Å². The quantitative estimate of drug-likeness (QED) is 0.560. The first-order chi connectivity index (χ1) is 13.8. The summed E-state index contributed by atoms with van der Waals surface area (Å²) in [6, 6.07) is 4.03. The van der Waals surface area contributed by atoms with Gasteiger partial charge < -0.3 is 20.7 Å². The van der Waals surface area contributed by atoms with Gasteiger partial charge in [0.15, 0.2) is 5.13 Å². The van der Waals surface area contributed by atoms with E-state index in [-0.39, 0.29) is 30.0 Å². The number of alkyl halides is 3. The summed E-state index contributed by atoms with van der Waals surface area (Å²) in [6.07, 6.45) is -1.57. The van der Waals surface area contributed by atoms with Gasteiger partial charge in [-0.2, -0.15) is 0 Å². The molecule has 158 valence electrons. The third-order valence-electron chi connectivity index (χ3n) is 4.34. The fourth-order valence-electron chi connectivity index (χ4n) is 3.04. The van der Waals surface area contributed by atoms with Crippen LogP contribution in [0.3, 0.4) is 0 Å². The Labute approximate surface area is 169 Å². The van der Waals surface area contributed by atoms with Gasteiger partial charge in [0.25, 0.3) is 0 Å². The van der Waals surface area contributed by atoms with Crippen molar-refractivity contribution in [1.82, 2.24) is 15.6 Å². The predicted molar refractivity (Wildman–Crippen MR) is 103 cm³/mol. The van der Waals surface area contributed by atoms with Gasteiger partial charge in [0.05, 0.1) is 10.2 Å². The van der Waals surface area contributed by atoms with Crippen LogP contribution in [0.1, 0.15) is 32.1 Å². The van der Waals surface area contributed by atoms with Crippen molar-refractivity contribution in [3.05, 3.63) is 18.2 Å². The molecule has 1 fully saturated rings. The van der Waals surface area contributed by atoms with Gasteiger partial charge in [-0.1, -0.05) is 11.3 Å². The highest BCUT2D eigenvalue weighted by molar-refractivity contribution is 7.22. The highest BCUT2D eigenvalue weighted by atomic mass is 32.1. The predicted octanol–water partition coefficient (Wildman–Crippen LogP) is 3.17. The number of thiazole rings is 1. The first-order valence-corrected chi connectivity index (χ1v) is 10.1. The second kappa shape index (κ2) is 9.40. The monoisotopic (exact) mass is 430 g/mol. The molecule has 0 spiro atoms. The number of hydrogen-bond donors (Lipinski definition) is 3. The molecule has 0 radical (unpaired) electrons. The molecular formula is C18H21F3N4O3S. The average molecular weight is 430 g/mol. The van der Waals surface area contributed by atoms with Crippen LogP contribution in [-0.4, -0.2) is 42.3 Å². The molecule has 0 aliphatic carbocycles. The zero-order chi connectivity index (χ0) is 20.9. The molecule has 2 amide bonds. The van der Waals surface area contributed by atoms with Gasteiger partial charge in [-0.25, -0.2) is 4.98 Å². The molecule has 3 N–H and O–H groups in total. The molecule has 1 aliphatic rings. The Morgan fingerprint density at radius 3 is 2.86 bits per heavy atom. The number of fused-ring (bicyclic) bond motifs is 1. The van der Waals surface area contributed by atoms with Crippen molar-refractivity contribution >= 4 is 38.5 Å². The molecule has 0 unspecified atom stereocenters. The zero-order valence-corrected chi connectivity index (χ0v) is 16.3. The third kappa shape index (κ3) is 6.86. The van der Waals surface area contributed by atoms with Crippen LogP contribution in [0.15, 0.2) is 18.2 Å². The van der Waals surface area contributed by atoms with Crippen molar-refractivity contribution in [1.29, 1.82) is 0 Å². The van der Waals surface area contributed by atoms with Crippen LogP contribution in [0.5, 0.6) is 5.75 Å². The second-order valence-electron chi connectivity index (χ2n) is 6.70. The maximum atomic E-state index is 12.3. The standard InChI is InChI=1S/C18H21F3N4O3S/c19-18(20,21)28-12-5-6-13-14(10-12)29-17(24-13)25-15(26)4-2-8-23-16(27)9-11-3-1-7-22-11/h5-6,10-11,22H,1-4,7-9H2,(H,23,27)(H,24,25,26)/t11-/m0/s1. The summed E-state index contributed by atoms with van der Waals surface area (Å²) >= 11 is 1.06. The molecule has 2 heterocycles. The number of amides is 2. The lowest BCUT2D eigenvalue weighted by atomic mass is 10.1. The summed E-state index contributed by atoms with van der Waals surface area (Å²) in [4.78, 5) is 28.0.